The third kappa shape index (κ3) is 4.35. The summed E-state index contributed by atoms with van der Waals surface area (Å²) in [6, 6.07) is 5.43. The maximum atomic E-state index is 13.8. The number of nitrogens with zero attached hydrogens (tertiary/aromatic N) is 1. The molecule has 3 heteroatoms. The zero-order valence-electron chi connectivity index (χ0n) is 11.5. The highest BCUT2D eigenvalue weighted by Gasteiger charge is 2.10. The summed E-state index contributed by atoms with van der Waals surface area (Å²) in [5.74, 6) is -0.150. The van der Waals surface area contributed by atoms with Crippen LogP contribution in [0.25, 0.3) is 0 Å². The lowest BCUT2D eigenvalue weighted by Gasteiger charge is -2.21. The Morgan fingerprint density at radius 3 is 2.41 bits per heavy atom. The summed E-state index contributed by atoms with van der Waals surface area (Å²) in [5, 5.41) is 3.35. The van der Waals surface area contributed by atoms with Crippen molar-refractivity contribution in [2.75, 3.05) is 18.5 Å². The standard InChI is InChI=1S/C14H23FN2/c1-6-17(5)13-8-7-11(9-12(13)15)10-16-14(2,3)4/h7-9,16H,6,10H2,1-5H3. The predicted octanol–water partition coefficient (Wildman–Crippen LogP) is 3.17. The first-order chi connectivity index (χ1) is 7.83. The van der Waals surface area contributed by atoms with Crippen LogP contribution in [0, 0.1) is 5.82 Å². The van der Waals surface area contributed by atoms with Crippen LogP contribution in [0.3, 0.4) is 0 Å². The third-order valence-corrected chi connectivity index (χ3v) is 2.72. The molecule has 2 nitrogen and oxygen atoms in total. The van der Waals surface area contributed by atoms with E-state index in [1.54, 1.807) is 6.07 Å². The summed E-state index contributed by atoms with van der Waals surface area (Å²) in [6.07, 6.45) is 0. The smallest absolute Gasteiger partial charge is 0.146 e. The van der Waals surface area contributed by atoms with Crippen LogP contribution in [0.1, 0.15) is 33.3 Å². The van der Waals surface area contributed by atoms with E-state index in [-0.39, 0.29) is 11.4 Å². The van der Waals surface area contributed by atoms with E-state index in [4.69, 9.17) is 0 Å². The Kier molecular flexibility index (Phi) is 4.52. The van der Waals surface area contributed by atoms with Crippen LogP contribution in [0.5, 0.6) is 0 Å². The van der Waals surface area contributed by atoms with Crippen molar-refractivity contribution in [3.63, 3.8) is 0 Å². The second-order valence-electron chi connectivity index (χ2n) is 5.40. The lowest BCUT2D eigenvalue weighted by molar-refractivity contribution is 0.423. The molecule has 0 aliphatic rings. The molecule has 0 saturated heterocycles. The summed E-state index contributed by atoms with van der Waals surface area (Å²) < 4.78 is 13.8. The normalized spacial score (nSPS) is 11.6. The second-order valence-corrected chi connectivity index (χ2v) is 5.40. The summed E-state index contributed by atoms with van der Waals surface area (Å²) in [4.78, 5) is 1.90. The molecule has 0 aliphatic carbocycles. The van der Waals surface area contributed by atoms with E-state index in [2.05, 4.69) is 26.1 Å². The molecule has 17 heavy (non-hydrogen) atoms. The number of halogens is 1. The summed E-state index contributed by atoms with van der Waals surface area (Å²) in [5.41, 5.74) is 1.69. The van der Waals surface area contributed by atoms with E-state index in [0.717, 1.165) is 12.1 Å². The summed E-state index contributed by atoms with van der Waals surface area (Å²) >= 11 is 0. The van der Waals surface area contributed by atoms with Crippen molar-refractivity contribution in [2.45, 2.75) is 39.8 Å². The molecule has 96 valence electrons. The predicted molar refractivity (Wildman–Crippen MR) is 71.9 cm³/mol. The van der Waals surface area contributed by atoms with Gasteiger partial charge in [-0.1, -0.05) is 6.07 Å². The number of hydrogen-bond acceptors (Lipinski definition) is 2. The minimum absolute atomic E-state index is 0.0510. The molecular weight excluding hydrogens is 215 g/mol. The molecule has 0 unspecified atom stereocenters. The molecule has 1 rings (SSSR count). The van der Waals surface area contributed by atoms with Crippen molar-refractivity contribution in [3.8, 4) is 0 Å². The zero-order valence-corrected chi connectivity index (χ0v) is 11.5. The largest absolute Gasteiger partial charge is 0.373 e. The molecule has 0 amide bonds. The Balaban J connectivity index is 2.75. The molecule has 0 aromatic heterocycles. The van der Waals surface area contributed by atoms with Crippen LogP contribution in [-0.2, 0) is 6.54 Å². The van der Waals surface area contributed by atoms with Gasteiger partial charge in [0.05, 0.1) is 5.69 Å². The molecular formula is C14H23FN2. The number of benzene rings is 1. The van der Waals surface area contributed by atoms with Crippen LogP contribution in [-0.4, -0.2) is 19.1 Å². The SMILES string of the molecule is CCN(C)c1ccc(CNC(C)(C)C)cc1F. The minimum Gasteiger partial charge on any atom is -0.373 e. The Morgan fingerprint density at radius 1 is 1.29 bits per heavy atom. The second kappa shape index (κ2) is 5.50. The Hall–Kier alpha value is -1.09. The number of nitrogens with one attached hydrogen (secondary N) is 1. The highest BCUT2D eigenvalue weighted by atomic mass is 19.1. The van der Waals surface area contributed by atoms with Gasteiger partial charge >= 0.3 is 0 Å². The molecule has 0 bridgehead atoms. The van der Waals surface area contributed by atoms with Gasteiger partial charge in [0.15, 0.2) is 0 Å². The fourth-order valence-corrected chi connectivity index (χ4v) is 1.51. The molecule has 0 fully saturated rings. The van der Waals surface area contributed by atoms with Crippen LogP contribution in [0.2, 0.25) is 0 Å². The molecule has 0 radical (unpaired) electrons. The Morgan fingerprint density at radius 2 is 1.94 bits per heavy atom. The van der Waals surface area contributed by atoms with Gasteiger partial charge in [-0.25, -0.2) is 4.39 Å². The molecule has 0 aliphatic heterocycles. The zero-order chi connectivity index (χ0) is 13.1. The van der Waals surface area contributed by atoms with Gasteiger partial charge in [0.25, 0.3) is 0 Å². The topological polar surface area (TPSA) is 15.3 Å². The van der Waals surface area contributed by atoms with Crippen molar-refractivity contribution in [2.24, 2.45) is 0 Å². The maximum Gasteiger partial charge on any atom is 0.146 e. The van der Waals surface area contributed by atoms with Crippen molar-refractivity contribution in [1.29, 1.82) is 0 Å². The molecule has 0 spiro atoms. The Bertz CT molecular complexity index is 369. The average molecular weight is 238 g/mol. The van der Waals surface area contributed by atoms with Crippen molar-refractivity contribution in [1.82, 2.24) is 5.32 Å². The minimum atomic E-state index is -0.150. The first-order valence-electron chi connectivity index (χ1n) is 6.08. The molecule has 1 aromatic carbocycles. The van der Waals surface area contributed by atoms with Gasteiger partial charge in [-0.2, -0.15) is 0 Å². The number of rotatable bonds is 4. The fraction of sp³-hybridized carbons (Fsp3) is 0.571. The van der Waals surface area contributed by atoms with Gasteiger partial charge in [-0.05, 0) is 45.4 Å². The van der Waals surface area contributed by atoms with Crippen LogP contribution < -0.4 is 10.2 Å². The van der Waals surface area contributed by atoms with E-state index in [9.17, 15) is 4.39 Å². The lowest BCUT2D eigenvalue weighted by atomic mass is 10.1. The van der Waals surface area contributed by atoms with E-state index in [0.29, 0.717) is 12.2 Å². The summed E-state index contributed by atoms with van der Waals surface area (Å²) in [6.45, 7) is 9.80. The average Bonchev–Trinajstić information content (AvgIpc) is 2.24. The van der Waals surface area contributed by atoms with Gasteiger partial charge in [0.1, 0.15) is 5.82 Å². The Labute approximate surface area is 104 Å². The first-order valence-corrected chi connectivity index (χ1v) is 6.08. The van der Waals surface area contributed by atoms with E-state index in [1.165, 1.54) is 0 Å². The molecule has 1 N–H and O–H groups in total. The van der Waals surface area contributed by atoms with Crippen LogP contribution in [0.4, 0.5) is 10.1 Å². The van der Waals surface area contributed by atoms with Crippen LogP contribution >= 0.6 is 0 Å². The van der Waals surface area contributed by atoms with Gasteiger partial charge in [0.2, 0.25) is 0 Å². The highest BCUT2D eigenvalue weighted by Crippen LogP contribution is 2.19. The third-order valence-electron chi connectivity index (χ3n) is 2.72. The quantitative estimate of drug-likeness (QED) is 0.866. The van der Waals surface area contributed by atoms with Gasteiger partial charge in [-0.15, -0.1) is 0 Å². The number of anilines is 1. The van der Waals surface area contributed by atoms with E-state index in [1.807, 2.05) is 31.0 Å². The van der Waals surface area contributed by atoms with Crippen molar-refractivity contribution in [3.05, 3.63) is 29.6 Å². The van der Waals surface area contributed by atoms with Gasteiger partial charge in [-0.3, -0.25) is 0 Å². The molecule has 0 saturated carbocycles. The molecule has 1 aromatic rings. The highest BCUT2D eigenvalue weighted by molar-refractivity contribution is 5.48. The summed E-state index contributed by atoms with van der Waals surface area (Å²) in [7, 11) is 1.89. The van der Waals surface area contributed by atoms with E-state index < -0.39 is 0 Å². The number of hydrogen-bond donors (Lipinski definition) is 1. The molecule has 0 heterocycles. The maximum absolute atomic E-state index is 13.8. The van der Waals surface area contributed by atoms with Gasteiger partial charge in [0, 0.05) is 25.7 Å². The van der Waals surface area contributed by atoms with Crippen molar-refractivity contribution >= 4 is 5.69 Å². The monoisotopic (exact) mass is 238 g/mol. The van der Waals surface area contributed by atoms with E-state index >= 15 is 0 Å². The van der Waals surface area contributed by atoms with Gasteiger partial charge < -0.3 is 10.2 Å². The molecule has 0 atom stereocenters. The fourth-order valence-electron chi connectivity index (χ4n) is 1.51. The van der Waals surface area contributed by atoms with Crippen LogP contribution in [0.15, 0.2) is 18.2 Å². The lowest BCUT2D eigenvalue weighted by Crippen LogP contribution is -2.35. The first kappa shape index (κ1) is 14.0. The van der Waals surface area contributed by atoms with Crippen molar-refractivity contribution < 1.29 is 4.39 Å².